The van der Waals surface area contributed by atoms with E-state index >= 15 is 0 Å². The molecule has 0 aliphatic carbocycles. The Bertz CT molecular complexity index is 346. The molecule has 102 valence electrons. The minimum Gasteiger partial charge on any atom is -0.399 e. The molecule has 0 aromatic carbocycles. The largest absolute Gasteiger partial charge is 0.399 e. The molecule has 0 saturated carbocycles. The van der Waals surface area contributed by atoms with Crippen molar-refractivity contribution in [3.8, 4) is 0 Å². The van der Waals surface area contributed by atoms with Crippen LogP contribution in [0.15, 0.2) is 10.3 Å². The Balaban J connectivity index is 2.78. The number of nitrogens with two attached hydrogens (primary N) is 1. The summed E-state index contributed by atoms with van der Waals surface area (Å²) < 4.78 is 0. The van der Waals surface area contributed by atoms with E-state index in [0.29, 0.717) is 18.8 Å². The van der Waals surface area contributed by atoms with Crippen LogP contribution >= 0.6 is 0 Å². The fraction of sp³-hybridized carbons (Fsp3) is 0.727. The molecule has 0 spiro atoms. The van der Waals surface area contributed by atoms with E-state index < -0.39 is 0 Å². The van der Waals surface area contributed by atoms with Crippen LogP contribution in [0.25, 0.3) is 0 Å². The molecule has 0 bridgehead atoms. The average molecular weight is 256 g/mol. The van der Waals surface area contributed by atoms with Crippen molar-refractivity contribution in [1.82, 2.24) is 4.90 Å². The van der Waals surface area contributed by atoms with Crippen LogP contribution in [0.1, 0.15) is 19.8 Å². The van der Waals surface area contributed by atoms with Gasteiger partial charge in [0.05, 0.1) is 0 Å². The summed E-state index contributed by atoms with van der Waals surface area (Å²) >= 11 is 0. The monoisotopic (exact) mass is 256 g/mol. The molecular formula is C11H20N4O3. The van der Waals surface area contributed by atoms with Gasteiger partial charge in [-0.1, -0.05) is 10.3 Å². The zero-order valence-electron chi connectivity index (χ0n) is 11.0. The Labute approximate surface area is 107 Å². The first-order chi connectivity index (χ1) is 8.60. The van der Waals surface area contributed by atoms with Gasteiger partial charge in [0.1, 0.15) is 19.9 Å². The molecule has 1 aliphatic rings. The zero-order valence-corrected chi connectivity index (χ0v) is 11.0. The third-order valence-corrected chi connectivity index (χ3v) is 2.78. The van der Waals surface area contributed by atoms with Crippen molar-refractivity contribution in [2.45, 2.75) is 25.8 Å². The molecule has 0 aromatic rings. The molecule has 1 rings (SSSR count). The summed E-state index contributed by atoms with van der Waals surface area (Å²) in [5.74, 6) is -0.206. The van der Waals surface area contributed by atoms with Crippen LogP contribution in [0.5, 0.6) is 0 Å². The van der Waals surface area contributed by atoms with Crippen molar-refractivity contribution < 1.29 is 14.5 Å². The predicted octanol–water partition coefficient (Wildman–Crippen LogP) is -0.0392. The van der Waals surface area contributed by atoms with Gasteiger partial charge in [-0.3, -0.25) is 4.79 Å². The topological polar surface area (TPSA) is 89.5 Å². The molecule has 18 heavy (non-hydrogen) atoms. The second-order valence-corrected chi connectivity index (χ2v) is 4.11. The third-order valence-electron chi connectivity index (χ3n) is 2.78. The standard InChI is InChI=1S/C11H20N4O3/c1-8(13-17-2)10(14-18-3)11(16)15-6-4-9(12)5-7-15/h9H,4-7,12H2,1-3H3/b13-8+,14-10+. The highest BCUT2D eigenvalue weighted by atomic mass is 16.6. The Morgan fingerprint density at radius 2 is 1.78 bits per heavy atom. The summed E-state index contributed by atoms with van der Waals surface area (Å²) in [6.07, 6.45) is 1.60. The Kier molecular flexibility index (Phi) is 5.57. The molecule has 1 fully saturated rings. The molecule has 2 N–H and O–H groups in total. The number of nitrogens with zero attached hydrogens (tertiary/aromatic N) is 3. The van der Waals surface area contributed by atoms with E-state index in [1.165, 1.54) is 14.2 Å². The van der Waals surface area contributed by atoms with E-state index in [2.05, 4.69) is 20.0 Å². The SMILES string of the molecule is CO/N=C(C)/C(=N\OC)C(=O)N1CCC(N)CC1. The fourth-order valence-electron chi connectivity index (χ4n) is 1.78. The molecular weight excluding hydrogens is 236 g/mol. The lowest BCUT2D eigenvalue weighted by Crippen LogP contribution is -2.46. The van der Waals surface area contributed by atoms with Crippen molar-refractivity contribution >= 4 is 17.3 Å². The first-order valence-corrected chi connectivity index (χ1v) is 5.84. The number of carbonyl (C=O) groups excluding carboxylic acids is 1. The second kappa shape index (κ2) is 6.95. The van der Waals surface area contributed by atoms with Crippen LogP contribution in [0, 0.1) is 0 Å². The lowest BCUT2D eigenvalue weighted by Gasteiger charge is -2.30. The first kappa shape index (κ1) is 14.4. The van der Waals surface area contributed by atoms with Crippen LogP contribution in [-0.2, 0) is 14.5 Å². The number of likely N-dealkylation sites (tertiary alicyclic amines) is 1. The van der Waals surface area contributed by atoms with Gasteiger partial charge in [-0.2, -0.15) is 0 Å². The van der Waals surface area contributed by atoms with E-state index in [9.17, 15) is 4.79 Å². The summed E-state index contributed by atoms with van der Waals surface area (Å²) in [6, 6.07) is 0.172. The van der Waals surface area contributed by atoms with Gasteiger partial charge >= 0.3 is 0 Å². The number of piperidine rings is 1. The highest BCUT2D eigenvalue weighted by Gasteiger charge is 2.26. The molecule has 7 nitrogen and oxygen atoms in total. The molecule has 0 atom stereocenters. The molecule has 1 heterocycles. The van der Waals surface area contributed by atoms with Crippen molar-refractivity contribution in [3.05, 3.63) is 0 Å². The Morgan fingerprint density at radius 3 is 2.28 bits per heavy atom. The Morgan fingerprint density at radius 1 is 1.22 bits per heavy atom. The van der Waals surface area contributed by atoms with Crippen LogP contribution < -0.4 is 5.73 Å². The molecule has 0 unspecified atom stereocenters. The number of hydrogen-bond donors (Lipinski definition) is 1. The minimum absolute atomic E-state index is 0.162. The summed E-state index contributed by atoms with van der Waals surface area (Å²) in [4.78, 5) is 23.3. The van der Waals surface area contributed by atoms with Crippen LogP contribution in [-0.4, -0.2) is 55.6 Å². The average Bonchev–Trinajstić information content (AvgIpc) is 2.36. The molecule has 0 aromatic heterocycles. The highest BCUT2D eigenvalue weighted by Crippen LogP contribution is 2.09. The van der Waals surface area contributed by atoms with Gasteiger partial charge in [-0.15, -0.1) is 0 Å². The predicted molar refractivity (Wildman–Crippen MR) is 68.4 cm³/mol. The van der Waals surface area contributed by atoms with E-state index in [-0.39, 0.29) is 17.7 Å². The summed E-state index contributed by atoms with van der Waals surface area (Å²) in [5, 5.41) is 7.43. The number of oxime groups is 2. The van der Waals surface area contributed by atoms with Crippen molar-refractivity contribution in [2.75, 3.05) is 27.3 Å². The summed E-state index contributed by atoms with van der Waals surface area (Å²) in [7, 11) is 2.80. The van der Waals surface area contributed by atoms with Gasteiger partial charge in [0, 0.05) is 19.1 Å². The molecule has 1 amide bonds. The highest BCUT2D eigenvalue weighted by molar-refractivity contribution is 6.66. The van der Waals surface area contributed by atoms with Crippen LogP contribution in [0.2, 0.25) is 0 Å². The first-order valence-electron chi connectivity index (χ1n) is 5.84. The van der Waals surface area contributed by atoms with Gasteiger partial charge in [0.25, 0.3) is 5.91 Å². The Hall–Kier alpha value is -1.63. The number of amides is 1. The van der Waals surface area contributed by atoms with Crippen molar-refractivity contribution in [1.29, 1.82) is 0 Å². The molecule has 1 saturated heterocycles. The zero-order chi connectivity index (χ0) is 13.5. The lowest BCUT2D eigenvalue weighted by molar-refractivity contribution is -0.125. The van der Waals surface area contributed by atoms with Gasteiger partial charge in [-0.25, -0.2) is 0 Å². The van der Waals surface area contributed by atoms with Crippen molar-refractivity contribution in [3.63, 3.8) is 0 Å². The maximum Gasteiger partial charge on any atom is 0.277 e. The normalized spacial score (nSPS) is 18.8. The maximum atomic E-state index is 12.2. The number of carbonyl (C=O) groups is 1. The smallest absolute Gasteiger partial charge is 0.277 e. The van der Waals surface area contributed by atoms with E-state index in [1.807, 2.05) is 0 Å². The van der Waals surface area contributed by atoms with Crippen LogP contribution in [0.4, 0.5) is 0 Å². The fourth-order valence-corrected chi connectivity index (χ4v) is 1.78. The quantitative estimate of drug-likeness (QED) is 0.564. The van der Waals surface area contributed by atoms with Crippen molar-refractivity contribution in [2.24, 2.45) is 16.0 Å². The summed E-state index contributed by atoms with van der Waals surface area (Å²) in [5.41, 5.74) is 6.35. The second-order valence-electron chi connectivity index (χ2n) is 4.11. The molecule has 1 aliphatic heterocycles. The van der Waals surface area contributed by atoms with E-state index in [0.717, 1.165) is 12.8 Å². The molecule has 0 radical (unpaired) electrons. The maximum absolute atomic E-state index is 12.2. The lowest BCUT2D eigenvalue weighted by atomic mass is 10.1. The van der Waals surface area contributed by atoms with Crippen LogP contribution in [0.3, 0.4) is 0 Å². The van der Waals surface area contributed by atoms with Gasteiger partial charge in [-0.05, 0) is 19.8 Å². The van der Waals surface area contributed by atoms with Gasteiger partial charge < -0.3 is 20.3 Å². The third kappa shape index (κ3) is 3.69. The van der Waals surface area contributed by atoms with Gasteiger partial charge in [0.15, 0.2) is 5.71 Å². The van der Waals surface area contributed by atoms with Gasteiger partial charge in [0.2, 0.25) is 0 Å². The summed E-state index contributed by atoms with van der Waals surface area (Å²) in [6.45, 7) is 2.90. The van der Waals surface area contributed by atoms with E-state index in [4.69, 9.17) is 5.73 Å². The minimum atomic E-state index is -0.206. The molecule has 7 heteroatoms. The van der Waals surface area contributed by atoms with E-state index in [1.54, 1.807) is 11.8 Å². The number of rotatable bonds is 4. The number of hydrogen-bond acceptors (Lipinski definition) is 6.